The predicted octanol–water partition coefficient (Wildman–Crippen LogP) is 2.16. The van der Waals surface area contributed by atoms with Gasteiger partial charge in [0.2, 0.25) is 5.78 Å². The van der Waals surface area contributed by atoms with E-state index >= 15 is 0 Å². The van der Waals surface area contributed by atoms with Crippen LogP contribution in [0.2, 0.25) is 0 Å². The minimum absolute atomic E-state index is 0.0668. The molecule has 2 aromatic rings. The van der Waals surface area contributed by atoms with Crippen molar-refractivity contribution in [1.82, 2.24) is 4.57 Å². The maximum absolute atomic E-state index is 11.8. The highest BCUT2D eigenvalue weighted by Crippen LogP contribution is 2.16. The lowest BCUT2D eigenvalue weighted by Gasteiger charge is -2.05. The Hall–Kier alpha value is -2.54. The summed E-state index contributed by atoms with van der Waals surface area (Å²) in [5.74, 6) is 0.327. The van der Waals surface area contributed by atoms with Crippen molar-refractivity contribution in [2.75, 3.05) is 6.61 Å². The zero-order valence-electron chi connectivity index (χ0n) is 9.96. The average molecular weight is 240 g/mol. The Labute approximate surface area is 105 Å². The van der Waals surface area contributed by atoms with Crippen molar-refractivity contribution in [1.29, 1.82) is 5.26 Å². The minimum atomic E-state index is -0.108. The molecule has 0 spiro atoms. The van der Waals surface area contributed by atoms with E-state index in [0.717, 1.165) is 0 Å². The molecule has 0 unspecified atom stereocenters. The Kier molecular flexibility index (Phi) is 3.44. The largest absolute Gasteiger partial charge is 0.484 e. The highest BCUT2D eigenvalue weighted by molar-refractivity contribution is 5.97. The van der Waals surface area contributed by atoms with Gasteiger partial charge in [-0.3, -0.25) is 4.79 Å². The average Bonchev–Trinajstić information content (AvgIpc) is 2.83. The van der Waals surface area contributed by atoms with Gasteiger partial charge in [-0.25, -0.2) is 0 Å². The molecule has 1 heterocycles. The van der Waals surface area contributed by atoms with Gasteiger partial charge in [-0.15, -0.1) is 0 Å². The van der Waals surface area contributed by atoms with Crippen molar-refractivity contribution >= 4 is 5.78 Å². The monoisotopic (exact) mass is 240 g/mol. The highest BCUT2D eigenvalue weighted by Gasteiger charge is 2.09. The molecule has 4 nitrogen and oxygen atoms in total. The zero-order chi connectivity index (χ0) is 13.0. The number of rotatable bonds is 4. The summed E-state index contributed by atoms with van der Waals surface area (Å²) in [6, 6.07) is 10.6. The summed E-state index contributed by atoms with van der Waals surface area (Å²) >= 11 is 0. The van der Waals surface area contributed by atoms with Gasteiger partial charge in [-0.2, -0.15) is 5.26 Å². The molecule has 2 rings (SSSR count). The standard InChI is InChI=1S/C14H12N2O2/c1-16-7-6-12(9-16)13(17)10-18-14-5-3-2-4-11(14)8-15/h2-7,9H,10H2,1H3. The van der Waals surface area contributed by atoms with E-state index in [4.69, 9.17) is 10.00 Å². The third kappa shape index (κ3) is 2.58. The number of carbonyl (C=O) groups is 1. The van der Waals surface area contributed by atoms with Gasteiger partial charge in [-0.1, -0.05) is 12.1 Å². The van der Waals surface area contributed by atoms with Crippen LogP contribution in [-0.2, 0) is 7.05 Å². The van der Waals surface area contributed by atoms with Crippen LogP contribution in [0, 0.1) is 11.3 Å². The van der Waals surface area contributed by atoms with E-state index in [1.54, 1.807) is 47.3 Å². The number of nitrogens with zero attached hydrogens (tertiary/aromatic N) is 2. The molecule has 0 saturated heterocycles. The van der Waals surface area contributed by atoms with Crippen LogP contribution in [0.25, 0.3) is 0 Å². The number of hydrogen-bond acceptors (Lipinski definition) is 3. The molecule has 0 fully saturated rings. The number of hydrogen-bond donors (Lipinski definition) is 0. The van der Waals surface area contributed by atoms with Crippen molar-refractivity contribution < 1.29 is 9.53 Å². The molecule has 0 aliphatic carbocycles. The van der Waals surface area contributed by atoms with E-state index in [2.05, 4.69) is 0 Å². The molecule has 90 valence electrons. The number of ketones is 1. The predicted molar refractivity (Wildman–Crippen MR) is 66.4 cm³/mol. The van der Waals surface area contributed by atoms with Crippen LogP contribution < -0.4 is 4.74 Å². The van der Waals surface area contributed by atoms with Crippen molar-refractivity contribution in [2.45, 2.75) is 0 Å². The number of ether oxygens (including phenoxy) is 1. The fourth-order valence-electron chi connectivity index (χ4n) is 1.58. The maximum atomic E-state index is 11.8. The van der Waals surface area contributed by atoms with Gasteiger partial charge < -0.3 is 9.30 Å². The lowest BCUT2D eigenvalue weighted by Crippen LogP contribution is -2.11. The Bertz CT molecular complexity index is 608. The summed E-state index contributed by atoms with van der Waals surface area (Å²) in [7, 11) is 1.85. The van der Waals surface area contributed by atoms with Crippen LogP contribution in [0.1, 0.15) is 15.9 Å². The smallest absolute Gasteiger partial charge is 0.201 e. The first-order valence-corrected chi connectivity index (χ1v) is 5.48. The number of para-hydroxylation sites is 1. The SMILES string of the molecule is Cn1ccc(C(=O)COc2ccccc2C#N)c1. The lowest BCUT2D eigenvalue weighted by atomic mass is 10.2. The Morgan fingerprint density at radius 2 is 2.17 bits per heavy atom. The Morgan fingerprint density at radius 3 is 2.83 bits per heavy atom. The molecule has 0 saturated carbocycles. The second kappa shape index (κ2) is 5.19. The van der Waals surface area contributed by atoms with Crippen molar-refractivity contribution in [3.8, 4) is 11.8 Å². The third-order valence-corrected chi connectivity index (χ3v) is 2.52. The summed E-state index contributed by atoms with van der Waals surface area (Å²) in [6.45, 7) is -0.0668. The van der Waals surface area contributed by atoms with Crippen LogP contribution in [0.5, 0.6) is 5.75 Å². The fourth-order valence-corrected chi connectivity index (χ4v) is 1.58. The quantitative estimate of drug-likeness (QED) is 0.769. The molecule has 18 heavy (non-hydrogen) atoms. The van der Waals surface area contributed by atoms with Crippen molar-refractivity contribution in [2.24, 2.45) is 7.05 Å². The van der Waals surface area contributed by atoms with E-state index in [-0.39, 0.29) is 12.4 Å². The van der Waals surface area contributed by atoms with Crippen molar-refractivity contribution in [3.63, 3.8) is 0 Å². The Morgan fingerprint density at radius 1 is 1.39 bits per heavy atom. The third-order valence-electron chi connectivity index (χ3n) is 2.52. The molecule has 0 amide bonds. The van der Waals surface area contributed by atoms with Crippen LogP contribution in [0.15, 0.2) is 42.7 Å². The van der Waals surface area contributed by atoms with Gasteiger partial charge in [-0.05, 0) is 18.2 Å². The second-order valence-corrected chi connectivity index (χ2v) is 3.89. The van der Waals surface area contributed by atoms with Crippen LogP contribution >= 0.6 is 0 Å². The molecule has 0 radical (unpaired) electrons. The van der Waals surface area contributed by atoms with Gasteiger partial charge in [0.15, 0.2) is 6.61 Å². The van der Waals surface area contributed by atoms with E-state index < -0.39 is 0 Å². The van der Waals surface area contributed by atoms with Crippen LogP contribution in [0.3, 0.4) is 0 Å². The highest BCUT2D eigenvalue weighted by atomic mass is 16.5. The topological polar surface area (TPSA) is 55.0 Å². The lowest BCUT2D eigenvalue weighted by molar-refractivity contribution is 0.0921. The zero-order valence-corrected chi connectivity index (χ0v) is 9.96. The molecular weight excluding hydrogens is 228 g/mol. The number of nitriles is 1. The van der Waals surface area contributed by atoms with Crippen LogP contribution in [0.4, 0.5) is 0 Å². The molecule has 1 aromatic heterocycles. The Balaban J connectivity index is 2.04. The number of carbonyl (C=O) groups excluding carboxylic acids is 1. The molecule has 0 bridgehead atoms. The first kappa shape index (κ1) is 11.9. The summed E-state index contributed by atoms with van der Waals surface area (Å²) in [4.78, 5) is 11.8. The van der Waals surface area contributed by atoms with Gasteiger partial charge in [0.25, 0.3) is 0 Å². The maximum Gasteiger partial charge on any atom is 0.201 e. The van der Waals surface area contributed by atoms with E-state index in [9.17, 15) is 4.79 Å². The number of Topliss-reactive ketones (excluding diaryl/α,β-unsaturated/α-hetero) is 1. The minimum Gasteiger partial charge on any atom is -0.484 e. The molecular formula is C14H12N2O2. The van der Waals surface area contributed by atoms with Gasteiger partial charge in [0.1, 0.15) is 11.8 Å². The van der Waals surface area contributed by atoms with E-state index in [1.807, 2.05) is 13.1 Å². The molecule has 1 aromatic carbocycles. The molecule has 0 atom stereocenters. The first-order valence-electron chi connectivity index (χ1n) is 5.48. The first-order chi connectivity index (χ1) is 8.70. The van der Waals surface area contributed by atoms with Gasteiger partial charge in [0.05, 0.1) is 5.56 Å². The van der Waals surface area contributed by atoms with Gasteiger partial charge in [0, 0.05) is 25.0 Å². The van der Waals surface area contributed by atoms with Gasteiger partial charge >= 0.3 is 0 Å². The normalized spacial score (nSPS) is 9.78. The second-order valence-electron chi connectivity index (χ2n) is 3.89. The summed E-state index contributed by atoms with van der Waals surface area (Å²) in [5.41, 5.74) is 1.03. The van der Waals surface area contributed by atoms with E-state index in [1.165, 1.54) is 0 Å². The summed E-state index contributed by atoms with van der Waals surface area (Å²) in [5, 5.41) is 8.89. The summed E-state index contributed by atoms with van der Waals surface area (Å²) < 4.78 is 7.17. The fraction of sp³-hybridized carbons (Fsp3) is 0.143. The van der Waals surface area contributed by atoms with Crippen LogP contribution in [-0.4, -0.2) is 17.0 Å². The molecule has 4 heteroatoms. The number of benzene rings is 1. The molecule has 0 N–H and O–H groups in total. The summed E-state index contributed by atoms with van der Waals surface area (Å²) in [6.07, 6.45) is 3.54. The molecule has 0 aliphatic heterocycles. The van der Waals surface area contributed by atoms with Crippen molar-refractivity contribution in [3.05, 3.63) is 53.9 Å². The molecule has 0 aliphatic rings. The van der Waals surface area contributed by atoms with E-state index in [0.29, 0.717) is 16.9 Å². The number of aryl methyl sites for hydroxylation is 1. The number of aromatic nitrogens is 1.